The first kappa shape index (κ1) is 29.1. The SMILES string of the molecule is N#CCn1cc(-c2cnc3c(Nc4ccc(C(=O)N5CCN(C(=O)[C@H]6[C@@H]7CNC[C@@H]76)CC5)c(Cl)c4)nccn23)c(C(F)(F)F)n1. The minimum Gasteiger partial charge on any atom is -0.339 e. The van der Waals surface area contributed by atoms with Crippen LogP contribution in [0, 0.1) is 29.1 Å². The number of anilines is 2. The highest BCUT2D eigenvalue weighted by Crippen LogP contribution is 2.49. The van der Waals surface area contributed by atoms with Crippen LogP contribution in [0.4, 0.5) is 24.7 Å². The van der Waals surface area contributed by atoms with Crippen molar-refractivity contribution in [3.05, 3.63) is 59.3 Å². The number of piperidine rings is 1. The number of halogens is 4. The monoisotopic (exact) mass is 638 g/mol. The highest BCUT2D eigenvalue weighted by Gasteiger charge is 2.58. The lowest BCUT2D eigenvalue weighted by Gasteiger charge is -2.35. The molecule has 2 N–H and O–H groups in total. The van der Waals surface area contributed by atoms with Crippen molar-refractivity contribution in [3.8, 4) is 17.3 Å². The molecule has 232 valence electrons. The number of benzene rings is 1. The van der Waals surface area contributed by atoms with Gasteiger partial charge >= 0.3 is 6.18 Å². The predicted molar refractivity (Wildman–Crippen MR) is 155 cm³/mol. The van der Waals surface area contributed by atoms with Crippen LogP contribution in [0.25, 0.3) is 16.9 Å². The van der Waals surface area contributed by atoms with Crippen molar-refractivity contribution in [2.75, 3.05) is 44.6 Å². The Morgan fingerprint density at radius 1 is 1.11 bits per heavy atom. The number of alkyl halides is 3. The molecule has 2 amide bonds. The van der Waals surface area contributed by atoms with Gasteiger partial charge in [-0.15, -0.1) is 0 Å². The van der Waals surface area contributed by atoms with Gasteiger partial charge in [0, 0.05) is 56.4 Å². The minimum absolute atomic E-state index is 0.114. The van der Waals surface area contributed by atoms with Crippen molar-refractivity contribution in [3.63, 3.8) is 0 Å². The molecule has 3 atom stereocenters. The number of nitrogens with zero attached hydrogens (tertiary/aromatic N) is 8. The van der Waals surface area contributed by atoms with E-state index in [4.69, 9.17) is 16.9 Å². The van der Waals surface area contributed by atoms with Gasteiger partial charge in [0.15, 0.2) is 17.2 Å². The number of piperazine rings is 1. The molecule has 4 aromatic rings. The molecule has 1 aromatic carbocycles. The third kappa shape index (κ3) is 5.23. The van der Waals surface area contributed by atoms with Crippen molar-refractivity contribution in [2.24, 2.45) is 17.8 Å². The standard InChI is InChI=1S/C29H26ClF3N10O2/c30-21-11-16(1-2-17(21)27(44)40-7-9-41(10-8-40)28(45)23-18-12-35-13-19(18)23)38-25-26-37-14-22(43(26)6-4-36-25)20-15-42(5-3-34)39-24(20)29(31,32)33/h1-2,4,6,11,14-15,18-19,23,35H,5,7-10,12-13H2,(H,36,38)/t18-,19+,23+. The molecular weight excluding hydrogens is 613 g/mol. The van der Waals surface area contributed by atoms with Gasteiger partial charge in [0.05, 0.1) is 34.1 Å². The Kier molecular flexibility index (Phi) is 7.13. The molecule has 2 saturated heterocycles. The number of hydrogen-bond donors (Lipinski definition) is 2. The summed E-state index contributed by atoms with van der Waals surface area (Å²) in [6, 6.07) is 6.60. The summed E-state index contributed by atoms with van der Waals surface area (Å²) in [4.78, 5) is 38.3. The molecule has 2 aliphatic heterocycles. The Hall–Kier alpha value is -4.68. The summed E-state index contributed by atoms with van der Waals surface area (Å²) >= 11 is 6.55. The van der Waals surface area contributed by atoms with E-state index >= 15 is 0 Å². The Labute approximate surface area is 259 Å². The van der Waals surface area contributed by atoms with E-state index in [1.54, 1.807) is 29.2 Å². The average Bonchev–Trinajstić information content (AvgIpc) is 3.44. The average molecular weight is 639 g/mol. The van der Waals surface area contributed by atoms with Gasteiger partial charge in [-0.2, -0.15) is 23.5 Å². The number of imidazole rings is 1. The maximum atomic E-state index is 13.8. The van der Waals surface area contributed by atoms with E-state index in [2.05, 4.69) is 25.7 Å². The molecule has 0 unspecified atom stereocenters. The predicted octanol–water partition coefficient (Wildman–Crippen LogP) is 3.28. The zero-order valence-electron chi connectivity index (χ0n) is 23.6. The Balaban J connectivity index is 1.06. The maximum Gasteiger partial charge on any atom is 0.435 e. The van der Waals surface area contributed by atoms with E-state index in [0.29, 0.717) is 49.3 Å². The van der Waals surface area contributed by atoms with Crippen LogP contribution in [0.5, 0.6) is 0 Å². The van der Waals surface area contributed by atoms with Gasteiger partial charge in [0.2, 0.25) is 5.91 Å². The summed E-state index contributed by atoms with van der Waals surface area (Å²) in [5, 5.41) is 19.1. The summed E-state index contributed by atoms with van der Waals surface area (Å²) in [5.41, 5.74) is -0.208. The molecule has 3 fully saturated rings. The zero-order chi connectivity index (χ0) is 31.5. The number of fused-ring (bicyclic) bond motifs is 2. The molecule has 5 heterocycles. The van der Waals surface area contributed by atoms with Crippen LogP contribution in [0.1, 0.15) is 16.1 Å². The third-order valence-corrected chi connectivity index (χ3v) is 9.00. The van der Waals surface area contributed by atoms with Gasteiger partial charge in [0.25, 0.3) is 5.91 Å². The smallest absolute Gasteiger partial charge is 0.339 e. The molecule has 12 nitrogen and oxygen atoms in total. The fourth-order valence-corrected chi connectivity index (χ4v) is 6.64. The highest BCUT2D eigenvalue weighted by molar-refractivity contribution is 6.34. The number of nitriles is 1. The highest BCUT2D eigenvalue weighted by atomic mass is 35.5. The molecular formula is C29H26ClF3N10O2. The number of amides is 2. The van der Waals surface area contributed by atoms with Crippen molar-refractivity contribution >= 4 is 40.6 Å². The van der Waals surface area contributed by atoms with E-state index < -0.39 is 11.9 Å². The summed E-state index contributed by atoms with van der Waals surface area (Å²) in [6.45, 7) is 3.26. The number of nitrogens with one attached hydrogen (secondary N) is 2. The first-order valence-corrected chi connectivity index (χ1v) is 14.7. The van der Waals surface area contributed by atoms with Gasteiger partial charge < -0.3 is 20.4 Å². The summed E-state index contributed by atoms with van der Waals surface area (Å²) in [6.07, 6.45) is 0.569. The van der Waals surface area contributed by atoms with Gasteiger partial charge in [-0.05, 0) is 43.1 Å². The fourth-order valence-electron chi connectivity index (χ4n) is 6.38. The second kappa shape index (κ2) is 11.0. The molecule has 45 heavy (non-hydrogen) atoms. The van der Waals surface area contributed by atoms with Crippen molar-refractivity contribution in [1.29, 1.82) is 5.26 Å². The maximum absolute atomic E-state index is 13.8. The summed E-state index contributed by atoms with van der Waals surface area (Å²) in [7, 11) is 0. The van der Waals surface area contributed by atoms with Gasteiger partial charge in [-0.1, -0.05) is 11.6 Å². The Morgan fingerprint density at radius 3 is 2.53 bits per heavy atom. The third-order valence-electron chi connectivity index (χ3n) is 8.68. The molecule has 1 saturated carbocycles. The van der Waals surface area contributed by atoms with Crippen molar-refractivity contribution in [1.82, 2.24) is 39.3 Å². The number of hydrogen-bond acceptors (Lipinski definition) is 8. The summed E-state index contributed by atoms with van der Waals surface area (Å²) < 4.78 is 43.6. The van der Waals surface area contributed by atoms with Gasteiger partial charge in [-0.3, -0.25) is 18.7 Å². The number of rotatable bonds is 6. The molecule has 0 radical (unpaired) electrons. The normalized spacial score (nSPS) is 21.1. The van der Waals surface area contributed by atoms with Crippen LogP contribution in [0.3, 0.4) is 0 Å². The van der Waals surface area contributed by atoms with E-state index in [1.807, 2.05) is 4.90 Å². The molecule has 1 aliphatic carbocycles. The largest absolute Gasteiger partial charge is 0.435 e. The molecule has 7 rings (SSSR count). The molecule has 3 aliphatic rings. The first-order chi connectivity index (χ1) is 21.6. The number of aromatic nitrogens is 5. The van der Waals surface area contributed by atoms with E-state index in [0.717, 1.165) is 24.0 Å². The fraction of sp³-hybridized carbons (Fsp3) is 0.379. The van der Waals surface area contributed by atoms with E-state index in [-0.39, 0.29) is 52.0 Å². The quantitative estimate of drug-likeness (QED) is 0.328. The molecule has 0 spiro atoms. The molecule has 0 bridgehead atoms. The molecule has 3 aromatic heterocycles. The van der Waals surface area contributed by atoms with Crippen LogP contribution >= 0.6 is 11.6 Å². The van der Waals surface area contributed by atoms with Crippen molar-refractivity contribution < 1.29 is 22.8 Å². The van der Waals surface area contributed by atoms with Crippen LogP contribution in [-0.2, 0) is 17.5 Å². The second-order valence-corrected chi connectivity index (χ2v) is 11.7. The lowest BCUT2D eigenvalue weighted by atomic mass is 10.1. The number of carbonyl (C=O) groups is 2. The second-order valence-electron chi connectivity index (χ2n) is 11.3. The lowest BCUT2D eigenvalue weighted by Crippen LogP contribution is -2.51. The van der Waals surface area contributed by atoms with Crippen LogP contribution in [-0.4, -0.2) is 85.0 Å². The van der Waals surface area contributed by atoms with Crippen LogP contribution in [0.2, 0.25) is 5.02 Å². The minimum atomic E-state index is -4.75. The van der Waals surface area contributed by atoms with Crippen LogP contribution in [0.15, 0.2) is 43.0 Å². The molecule has 16 heteroatoms. The van der Waals surface area contributed by atoms with E-state index in [1.165, 1.54) is 23.0 Å². The van der Waals surface area contributed by atoms with Gasteiger partial charge in [-0.25, -0.2) is 9.97 Å². The Morgan fingerprint density at radius 2 is 1.84 bits per heavy atom. The lowest BCUT2D eigenvalue weighted by molar-refractivity contribution is -0.141. The zero-order valence-corrected chi connectivity index (χ0v) is 24.4. The first-order valence-electron chi connectivity index (χ1n) is 14.3. The topological polar surface area (TPSA) is 136 Å². The van der Waals surface area contributed by atoms with E-state index in [9.17, 15) is 22.8 Å². The van der Waals surface area contributed by atoms with Crippen LogP contribution < -0.4 is 10.6 Å². The van der Waals surface area contributed by atoms with Crippen molar-refractivity contribution in [2.45, 2.75) is 12.7 Å². The van der Waals surface area contributed by atoms with Gasteiger partial charge in [0.1, 0.15) is 6.54 Å². The number of carbonyl (C=O) groups excluding carboxylic acids is 2. The Bertz CT molecular complexity index is 1850. The summed E-state index contributed by atoms with van der Waals surface area (Å²) in [5.74, 6) is 1.21.